The maximum absolute atomic E-state index is 4.96. The molecule has 0 atom stereocenters. The first kappa shape index (κ1) is 18.3. The van der Waals surface area contributed by atoms with Crippen LogP contribution in [-0.4, -0.2) is 58.0 Å². The quantitative estimate of drug-likeness (QED) is 0.690. The summed E-state index contributed by atoms with van der Waals surface area (Å²) in [5.41, 5.74) is 2.83. The molecule has 2 aliphatic rings. The molecule has 1 saturated carbocycles. The van der Waals surface area contributed by atoms with E-state index in [1.54, 1.807) is 0 Å². The molecule has 4 heterocycles. The van der Waals surface area contributed by atoms with Crippen molar-refractivity contribution in [3.63, 3.8) is 0 Å². The van der Waals surface area contributed by atoms with E-state index in [-0.39, 0.29) is 0 Å². The van der Waals surface area contributed by atoms with Gasteiger partial charge in [-0.25, -0.2) is 14.6 Å². The van der Waals surface area contributed by atoms with Gasteiger partial charge in [-0.15, -0.1) is 0 Å². The average Bonchev–Trinajstić information content (AvgIpc) is 3.43. The fourth-order valence-electron chi connectivity index (χ4n) is 4.46. The molecular formula is C21H28N8. The smallest absolute Gasteiger partial charge is 0.224 e. The molecule has 1 aliphatic carbocycles. The highest BCUT2D eigenvalue weighted by Crippen LogP contribution is 2.31. The molecule has 8 nitrogen and oxygen atoms in total. The van der Waals surface area contributed by atoms with Crippen molar-refractivity contribution in [1.29, 1.82) is 0 Å². The summed E-state index contributed by atoms with van der Waals surface area (Å²) in [6.45, 7) is 4.91. The fraction of sp³-hybridized carbons (Fsp3) is 0.524. The van der Waals surface area contributed by atoms with Crippen molar-refractivity contribution in [2.45, 2.75) is 32.2 Å². The van der Waals surface area contributed by atoms with Crippen LogP contribution in [0.5, 0.6) is 0 Å². The SMILES string of the molecule is CNc1ncc2c(-c3ccc(N4CCNCC4)nc3)nn(CC3CCCC3)c2n1. The Hall–Kier alpha value is -2.74. The molecule has 0 radical (unpaired) electrons. The molecule has 8 heteroatoms. The summed E-state index contributed by atoms with van der Waals surface area (Å²) < 4.78 is 2.08. The zero-order valence-corrected chi connectivity index (χ0v) is 16.9. The third-order valence-corrected chi connectivity index (χ3v) is 6.08. The van der Waals surface area contributed by atoms with Crippen molar-refractivity contribution in [3.8, 4) is 11.3 Å². The van der Waals surface area contributed by atoms with Gasteiger partial charge in [0.15, 0.2) is 5.65 Å². The molecule has 0 aromatic carbocycles. The van der Waals surface area contributed by atoms with Gasteiger partial charge in [0.2, 0.25) is 5.95 Å². The van der Waals surface area contributed by atoms with Crippen LogP contribution in [0.2, 0.25) is 0 Å². The minimum Gasteiger partial charge on any atom is -0.357 e. The number of piperazine rings is 1. The molecule has 0 amide bonds. The van der Waals surface area contributed by atoms with E-state index in [2.05, 4.69) is 37.3 Å². The van der Waals surface area contributed by atoms with E-state index in [0.717, 1.165) is 60.8 Å². The number of rotatable bonds is 5. The van der Waals surface area contributed by atoms with E-state index < -0.39 is 0 Å². The van der Waals surface area contributed by atoms with Gasteiger partial charge in [-0.05, 0) is 30.9 Å². The van der Waals surface area contributed by atoms with Gasteiger partial charge in [0.1, 0.15) is 11.5 Å². The number of hydrogen-bond acceptors (Lipinski definition) is 7. The van der Waals surface area contributed by atoms with Crippen molar-refractivity contribution < 1.29 is 0 Å². The number of aromatic nitrogens is 5. The number of hydrogen-bond donors (Lipinski definition) is 2. The van der Waals surface area contributed by atoms with Crippen molar-refractivity contribution in [1.82, 2.24) is 30.0 Å². The van der Waals surface area contributed by atoms with Gasteiger partial charge < -0.3 is 15.5 Å². The highest BCUT2D eigenvalue weighted by atomic mass is 15.3. The van der Waals surface area contributed by atoms with E-state index >= 15 is 0 Å². The second-order valence-electron chi connectivity index (χ2n) is 8.00. The lowest BCUT2D eigenvalue weighted by Crippen LogP contribution is -2.43. The van der Waals surface area contributed by atoms with Gasteiger partial charge in [0.25, 0.3) is 0 Å². The highest BCUT2D eigenvalue weighted by molar-refractivity contribution is 5.91. The Labute approximate surface area is 170 Å². The number of nitrogens with zero attached hydrogens (tertiary/aromatic N) is 6. The maximum Gasteiger partial charge on any atom is 0.224 e. The average molecular weight is 393 g/mol. The standard InChI is InChI=1S/C21H28N8/c1-22-21-25-13-17-19(27-29(20(17)26-21)14-15-4-2-3-5-15)16-6-7-18(24-12-16)28-10-8-23-9-11-28/h6-7,12-13,15,23H,2-5,8-11,14H2,1H3,(H,22,25,26). The number of pyridine rings is 1. The second-order valence-corrected chi connectivity index (χ2v) is 8.00. The predicted octanol–water partition coefficient (Wildman–Crippen LogP) is 2.53. The molecule has 2 N–H and O–H groups in total. The summed E-state index contributed by atoms with van der Waals surface area (Å²) in [5, 5.41) is 12.4. The number of nitrogens with one attached hydrogen (secondary N) is 2. The lowest BCUT2D eigenvalue weighted by Gasteiger charge is -2.28. The van der Waals surface area contributed by atoms with Crippen LogP contribution in [0.15, 0.2) is 24.5 Å². The van der Waals surface area contributed by atoms with E-state index in [1.807, 2.05) is 19.4 Å². The summed E-state index contributed by atoms with van der Waals surface area (Å²) in [6.07, 6.45) is 9.02. The Morgan fingerprint density at radius 3 is 2.66 bits per heavy atom. The van der Waals surface area contributed by atoms with Crippen LogP contribution in [0, 0.1) is 5.92 Å². The summed E-state index contributed by atoms with van der Waals surface area (Å²) in [7, 11) is 1.85. The monoisotopic (exact) mass is 392 g/mol. The summed E-state index contributed by atoms with van der Waals surface area (Å²) in [5.74, 6) is 2.34. The Bertz CT molecular complexity index is 968. The minimum absolute atomic E-state index is 0.629. The molecular weight excluding hydrogens is 364 g/mol. The van der Waals surface area contributed by atoms with Crippen molar-refractivity contribution in [3.05, 3.63) is 24.5 Å². The molecule has 0 bridgehead atoms. The Kier molecular flexibility index (Phi) is 5.01. The van der Waals surface area contributed by atoms with Gasteiger partial charge in [-0.1, -0.05) is 12.8 Å². The largest absolute Gasteiger partial charge is 0.357 e. The van der Waals surface area contributed by atoms with Crippen molar-refractivity contribution in [2.24, 2.45) is 5.92 Å². The Morgan fingerprint density at radius 2 is 1.93 bits per heavy atom. The van der Waals surface area contributed by atoms with E-state index in [9.17, 15) is 0 Å². The molecule has 0 unspecified atom stereocenters. The Balaban J connectivity index is 1.50. The lowest BCUT2D eigenvalue weighted by molar-refractivity contribution is 0.437. The molecule has 1 saturated heterocycles. The highest BCUT2D eigenvalue weighted by Gasteiger charge is 2.21. The third-order valence-electron chi connectivity index (χ3n) is 6.08. The van der Waals surface area contributed by atoms with Gasteiger partial charge >= 0.3 is 0 Å². The van der Waals surface area contributed by atoms with E-state index in [4.69, 9.17) is 15.1 Å². The summed E-state index contributed by atoms with van der Waals surface area (Å²) >= 11 is 0. The molecule has 3 aromatic heterocycles. The molecule has 152 valence electrons. The summed E-state index contributed by atoms with van der Waals surface area (Å²) in [6, 6.07) is 4.23. The van der Waals surface area contributed by atoms with Crippen LogP contribution in [0.25, 0.3) is 22.3 Å². The molecule has 5 rings (SSSR count). The van der Waals surface area contributed by atoms with E-state index in [1.165, 1.54) is 25.7 Å². The van der Waals surface area contributed by atoms with Gasteiger partial charge in [-0.2, -0.15) is 10.1 Å². The normalized spacial score (nSPS) is 17.9. The van der Waals surface area contributed by atoms with Crippen molar-refractivity contribution in [2.75, 3.05) is 43.4 Å². The zero-order valence-electron chi connectivity index (χ0n) is 16.9. The first-order chi connectivity index (χ1) is 14.3. The van der Waals surface area contributed by atoms with E-state index in [0.29, 0.717) is 11.9 Å². The van der Waals surface area contributed by atoms with Crippen LogP contribution >= 0.6 is 0 Å². The van der Waals surface area contributed by atoms with Crippen LogP contribution in [-0.2, 0) is 6.54 Å². The molecule has 0 spiro atoms. The number of fused-ring (bicyclic) bond motifs is 1. The molecule has 29 heavy (non-hydrogen) atoms. The van der Waals surface area contributed by atoms with Gasteiger partial charge in [-0.3, -0.25) is 0 Å². The Morgan fingerprint density at radius 1 is 1.10 bits per heavy atom. The van der Waals surface area contributed by atoms with Crippen molar-refractivity contribution >= 4 is 22.8 Å². The first-order valence-electron chi connectivity index (χ1n) is 10.7. The van der Waals surface area contributed by atoms with Crippen LogP contribution in [0.3, 0.4) is 0 Å². The second kappa shape index (κ2) is 7.94. The van der Waals surface area contributed by atoms with Crippen LogP contribution in [0.4, 0.5) is 11.8 Å². The topological polar surface area (TPSA) is 83.8 Å². The lowest BCUT2D eigenvalue weighted by atomic mass is 10.1. The third kappa shape index (κ3) is 3.64. The first-order valence-corrected chi connectivity index (χ1v) is 10.7. The van der Waals surface area contributed by atoms with Gasteiger partial charge in [0, 0.05) is 57.7 Å². The zero-order chi connectivity index (χ0) is 19.6. The summed E-state index contributed by atoms with van der Waals surface area (Å²) in [4.78, 5) is 16.2. The number of anilines is 2. The molecule has 1 aliphatic heterocycles. The van der Waals surface area contributed by atoms with Gasteiger partial charge in [0.05, 0.1) is 5.39 Å². The van der Waals surface area contributed by atoms with Crippen LogP contribution < -0.4 is 15.5 Å². The minimum atomic E-state index is 0.629. The molecule has 2 fully saturated rings. The van der Waals surface area contributed by atoms with Crippen LogP contribution in [0.1, 0.15) is 25.7 Å². The molecule has 3 aromatic rings. The maximum atomic E-state index is 4.96. The fourth-order valence-corrected chi connectivity index (χ4v) is 4.46. The predicted molar refractivity (Wildman–Crippen MR) is 115 cm³/mol.